The number of methoxy groups -OCH3 is 1. The Hall–Kier alpha value is -1.52. The molecule has 2 atom stereocenters. The summed E-state index contributed by atoms with van der Waals surface area (Å²) in [5, 5.41) is 0. The molecule has 1 aromatic rings. The molecule has 0 spiro atoms. The van der Waals surface area contributed by atoms with Gasteiger partial charge in [-0.05, 0) is 24.1 Å². The molecular weight excluding hydrogens is 268 g/mol. The van der Waals surface area contributed by atoms with Crippen LogP contribution in [0.1, 0.15) is 19.4 Å². The van der Waals surface area contributed by atoms with Crippen LogP contribution in [0.25, 0.3) is 0 Å². The average Bonchev–Trinajstić information content (AvgIpc) is 2.95. The van der Waals surface area contributed by atoms with E-state index in [1.54, 1.807) is 7.11 Å². The van der Waals surface area contributed by atoms with Gasteiger partial charge >= 0.3 is 0 Å². The molecule has 4 heteroatoms. The first-order valence-electron chi connectivity index (χ1n) is 7.31. The minimum absolute atomic E-state index is 0.0324. The zero-order chi connectivity index (χ0) is 15.2. The van der Waals surface area contributed by atoms with Gasteiger partial charge in [0, 0.05) is 5.92 Å². The van der Waals surface area contributed by atoms with Crippen molar-refractivity contribution in [3.63, 3.8) is 0 Å². The van der Waals surface area contributed by atoms with Gasteiger partial charge in [0.05, 0.1) is 13.7 Å². The molecule has 1 heterocycles. The molecule has 0 unspecified atom stereocenters. The Bertz CT molecular complexity index is 470. The highest BCUT2D eigenvalue weighted by molar-refractivity contribution is 5.43. The summed E-state index contributed by atoms with van der Waals surface area (Å²) < 4.78 is 22.6. The molecule has 1 saturated heterocycles. The summed E-state index contributed by atoms with van der Waals surface area (Å²) in [6.45, 7) is 8.93. The molecule has 0 aromatic heterocycles. The van der Waals surface area contributed by atoms with Crippen molar-refractivity contribution in [2.24, 2.45) is 5.92 Å². The molecule has 0 N–H and O–H groups in total. The Kier molecular flexibility index (Phi) is 5.65. The summed E-state index contributed by atoms with van der Waals surface area (Å²) in [6, 6.07) is 5.91. The maximum Gasteiger partial charge on any atom is 0.161 e. The number of ether oxygens (including phenoxy) is 4. The predicted octanol–water partition coefficient (Wildman–Crippen LogP) is 3.20. The Morgan fingerprint density at radius 3 is 2.81 bits per heavy atom. The minimum Gasteiger partial charge on any atom is -0.493 e. The summed E-state index contributed by atoms with van der Waals surface area (Å²) >= 11 is 0. The summed E-state index contributed by atoms with van der Waals surface area (Å²) in [4.78, 5) is 0. The van der Waals surface area contributed by atoms with Gasteiger partial charge in [0.25, 0.3) is 0 Å². The van der Waals surface area contributed by atoms with Crippen LogP contribution >= 0.6 is 0 Å². The Balaban J connectivity index is 1.92. The van der Waals surface area contributed by atoms with Crippen LogP contribution in [0.5, 0.6) is 11.5 Å². The van der Waals surface area contributed by atoms with Crippen LogP contribution in [0.4, 0.5) is 0 Å². The molecule has 2 rings (SSSR count). The maximum absolute atomic E-state index is 5.82. The van der Waals surface area contributed by atoms with Gasteiger partial charge in [-0.25, -0.2) is 0 Å². The van der Waals surface area contributed by atoms with E-state index in [2.05, 4.69) is 20.4 Å². The van der Waals surface area contributed by atoms with Crippen LogP contribution in [-0.4, -0.2) is 32.7 Å². The Labute approximate surface area is 126 Å². The zero-order valence-corrected chi connectivity index (χ0v) is 13.0. The van der Waals surface area contributed by atoms with E-state index in [4.69, 9.17) is 18.9 Å². The monoisotopic (exact) mass is 292 g/mol. The van der Waals surface area contributed by atoms with E-state index in [0.29, 0.717) is 19.1 Å². The fourth-order valence-electron chi connectivity index (χ4n) is 2.21. The van der Waals surface area contributed by atoms with E-state index in [-0.39, 0.29) is 12.4 Å². The van der Waals surface area contributed by atoms with Crippen LogP contribution < -0.4 is 9.47 Å². The quantitative estimate of drug-likeness (QED) is 0.723. The number of hydrogen-bond acceptors (Lipinski definition) is 4. The smallest absolute Gasteiger partial charge is 0.161 e. The second-order valence-corrected chi connectivity index (χ2v) is 5.49. The molecule has 1 aliphatic heterocycles. The third kappa shape index (κ3) is 4.22. The van der Waals surface area contributed by atoms with Crippen LogP contribution in [0, 0.1) is 5.92 Å². The first-order valence-corrected chi connectivity index (χ1v) is 7.31. The van der Waals surface area contributed by atoms with Crippen molar-refractivity contribution in [3.8, 4) is 11.5 Å². The van der Waals surface area contributed by atoms with Crippen LogP contribution in [0.15, 0.2) is 30.9 Å². The van der Waals surface area contributed by atoms with Crippen molar-refractivity contribution in [1.29, 1.82) is 0 Å². The first-order chi connectivity index (χ1) is 10.1. The molecule has 1 aromatic carbocycles. The standard InChI is InChI=1S/C17H24O4/c1-5-6-13-7-8-15(16(9-13)18-4)19-10-14-11-20-17(21-14)12(2)3/h5,7-9,12,14,17H,1,6,10-11H2,2-4H3/t14-,17-/m1/s1. The third-order valence-electron chi connectivity index (χ3n) is 3.35. The van der Waals surface area contributed by atoms with Gasteiger partial charge in [0.15, 0.2) is 17.8 Å². The number of hydrogen-bond donors (Lipinski definition) is 0. The fraction of sp³-hybridized carbons (Fsp3) is 0.529. The minimum atomic E-state index is -0.129. The highest BCUT2D eigenvalue weighted by Crippen LogP contribution is 2.29. The van der Waals surface area contributed by atoms with E-state index in [1.807, 2.05) is 24.3 Å². The van der Waals surface area contributed by atoms with Gasteiger partial charge in [0.1, 0.15) is 12.7 Å². The van der Waals surface area contributed by atoms with Crippen molar-refractivity contribution in [1.82, 2.24) is 0 Å². The van der Waals surface area contributed by atoms with Crippen molar-refractivity contribution in [3.05, 3.63) is 36.4 Å². The predicted molar refractivity (Wildman–Crippen MR) is 81.8 cm³/mol. The lowest BCUT2D eigenvalue weighted by Crippen LogP contribution is -2.22. The van der Waals surface area contributed by atoms with Crippen LogP contribution in [-0.2, 0) is 15.9 Å². The van der Waals surface area contributed by atoms with Gasteiger partial charge in [-0.1, -0.05) is 26.0 Å². The molecule has 0 bridgehead atoms. The van der Waals surface area contributed by atoms with Gasteiger partial charge < -0.3 is 18.9 Å². The molecule has 0 saturated carbocycles. The topological polar surface area (TPSA) is 36.9 Å². The lowest BCUT2D eigenvalue weighted by atomic mass is 10.1. The van der Waals surface area contributed by atoms with Crippen molar-refractivity contribution >= 4 is 0 Å². The summed E-state index contributed by atoms with van der Waals surface area (Å²) in [5.74, 6) is 1.80. The molecule has 0 amide bonds. The van der Waals surface area contributed by atoms with Gasteiger partial charge in [-0.15, -0.1) is 6.58 Å². The van der Waals surface area contributed by atoms with E-state index in [9.17, 15) is 0 Å². The first kappa shape index (κ1) is 15.9. The van der Waals surface area contributed by atoms with Crippen molar-refractivity contribution < 1.29 is 18.9 Å². The van der Waals surface area contributed by atoms with Crippen LogP contribution in [0.3, 0.4) is 0 Å². The van der Waals surface area contributed by atoms with E-state index in [0.717, 1.165) is 23.5 Å². The second-order valence-electron chi connectivity index (χ2n) is 5.49. The van der Waals surface area contributed by atoms with E-state index in [1.165, 1.54) is 0 Å². The van der Waals surface area contributed by atoms with Crippen molar-refractivity contribution in [2.45, 2.75) is 32.7 Å². The zero-order valence-electron chi connectivity index (χ0n) is 13.0. The lowest BCUT2D eigenvalue weighted by Gasteiger charge is -2.16. The Morgan fingerprint density at radius 1 is 1.38 bits per heavy atom. The lowest BCUT2D eigenvalue weighted by molar-refractivity contribution is -0.0915. The molecule has 116 valence electrons. The van der Waals surface area contributed by atoms with Gasteiger partial charge in [0.2, 0.25) is 0 Å². The largest absolute Gasteiger partial charge is 0.493 e. The molecule has 4 nitrogen and oxygen atoms in total. The summed E-state index contributed by atoms with van der Waals surface area (Å²) in [7, 11) is 1.64. The highest BCUT2D eigenvalue weighted by atomic mass is 16.7. The molecule has 1 aliphatic rings. The molecule has 0 radical (unpaired) electrons. The Morgan fingerprint density at radius 2 is 2.19 bits per heavy atom. The SMILES string of the molecule is C=CCc1ccc(OC[C@@H]2CO[C@@H](C(C)C)O2)c(OC)c1. The normalized spacial score (nSPS) is 21.5. The number of allylic oxidation sites excluding steroid dienone is 1. The summed E-state index contributed by atoms with van der Waals surface area (Å²) in [5.41, 5.74) is 1.15. The van der Waals surface area contributed by atoms with E-state index >= 15 is 0 Å². The molecule has 1 fully saturated rings. The van der Waals surface area contributed by atoms with E-state index < -0.39 is 0 Å². The second kappa shape index (κ2) is 7.48. The molecule has 21 heavy (non-hydrogen) atoms. The molecule has 0 aliphatic carbocycles. The number of benzene rings is 1. The average molecular weight is 292 g/mol. The highest BCUT2D eigenvalue weighted by Gasteiger charge is 2.28. The van der Waals surface area contributed by atoms with Gasteiger partial charge in [-0.3, -0.25) is 0 Å². The van der Waals surface area contributed by atoms with Gasteiger partial charge in [-0.2, -0.15) is 0 Å². The fourth-order valence-corrected chi connectivity index (χ4v) is 2.21. The maximum atomic E-state index is 5.82. The molecular formula is C17H24O4. The number of rotatable bonds is 7. The van der Waals surface area contributed by atoms with Crippen molar-refractivity contribution in [2.75, 3.05) is 20.3 Å². The summed E-state index contributed by atoms with van der Waals surface area (Å²) in [6.07, 6.45) is 2.52. The van der Waals surface area contributed by atoms with Crippen LogP contribution in [0.2, 0.25) is 0 Å². The third-order valence-corrected chi connectivity index (χ3v) is 3.35.